The average molecular weight is 452 g/mol. The molecule has 0 radical (unpaired) electrons. The topological polar surface area (TPSA) is 92.1 Å². The van der Waals surface area contributed by atoms with Crippen molar-refractivity contribution < 1.29 is 14.3 Å². The molecule has 2 aromatic heterocycles. The van der Waals surface area contributed by atoms with Crippen LogP contribution in [0.1, 0.15) is 34.1 Å². The molecule has 0 saturated carbocycles. The molecule has 0 atom stereocenters. The van der Waals surface area contributed by atoms with Gasteiger partial charge >= 0.3 is 5.97 Å². The molecule has 6 nitrogen and oxygen atoms in total. The van der Waals surface area contributed by atoms with Gasteiger partial charge in [-0.2, -0.15) is 5.26 Å². The number of esters is 1. The highest BCUT2D eigenvalue weighted by atomic mass is 32.2. The SMILES string of the molecule is CCOC(=O)CSc1nc(C)c(C(=O)Nc2ccccc2C)c(-c2cccs2)c1C#N. The minimum Gasteiger partial charge on any atom is -0.465 e. The summed E-state index contributed by atoms with van der Waals surface area (Å²) in [5, 5.41) is 15.2. The van der Waals surface area contributed by atoms with Gasteiger partial charge in [0.1, 0.15) is 11.1 Å². The van der Waals surface area contributed by atoms with Crippen molar-refractivity contribution in [3.63, 3.8) is 0 Å². The monoisotopic (exact) mass is 451 g/mol. The number of hydrogen-bond acceptors (Lipinski definition) is 7. The second-order valence-electron chi connectivity index (χ2n) is 6.58. The standard InChI is InChI=1S/C23H21N3O3S2/c1-4-29-19(27)13-31-23-16(12-24)21(18-10-7-11-30-18)20(15(3)25-23)22(28)26-17-9-6-5-8-14(17)2/h5-11H,4,13H2,1-3H3,(H,26,28). The summed E-state index contributed by atoms with van der Waals surface area (Å²) in [6.45, 7) is 5.67. The normalized spacial score (nSPS) is 10.4. The Balaban J connectivity index is 2.09. The number of nitrogens with zero attached hydrogens (tertiary/aromatic N) is 2. The first-order valence-electron chi connectivity index (χ1n) is 9.60. The van der Waals surface area contributed by atoms with Gasteiger partial charge in [-0.05, 0) is 43.8 Å². The number of carbonyl (C=O) groups is 2. The van der Waals surface area contributed by atoms with Crippen LogP contribution in [0.3, 0.4) is 0 Å². The zero-order chi connectivity index (χ0) is 22.4. The number of pyridine rings is 1. The predicted molar refractivity (Wildman–Crippen MR) is 123 cm³/mol. The number of thioether (sulfide) groups is 1. The quantitative estimate of drug-likeness (QED) is 0.392. The molecule has 3 rings (SSSR count). The summed E-state index contributed by atoms with van der Waals surface area (Å²) in [4.78, 5) is 30.4. The molecule has 0 bridgehead atoms. The van der Waals surface area contributed by atoms with E-state index >= 15 is 0 Å². The van der Waals surface area contributed by atoms with Crippen molar-refractivity contribution in [1.82, 2.24) is 4.98 Å². The van der Waals surface area contributed by atoms with E-state index in [0.717, 1.165) is 22.2 Å². The van der Waals surface area contributed by atoms with Gasteiger partial charge in [0.05, 0.1) is 29.2 Å². The number of thiophene rings is 1. The van der Waals surface area contributed by atoms with E-state index in [9.17, 15) is 14.9 Å². The summed E-state index contributed by atoms with van der Waals surface area (Å²) in [6.07, 6.45) is 0. The summed E-state index contributed by atoms with van der Waals surface area (Å²) in [7, 11) is 0. The number of aromatic nitrogens is 1. The molecule has 1 amide bonds. The highest BCUT2D eigenvalue weighted by Gasteiger charge is 2.25. The molecule has 3 aromatic rings. The first-order chi connectivity index (χ1) is 15.0. The second-order valence-corrected chi connectivity index (χ2v) is 8.49. The Morgan fingerprint density at radius 3 is 2.65 bits per heavy atom. The molecule has 0 aliphatic heterocycles. The third-order valence-corrected chi connectivity index (χ3v) is 6.31. The predicted octanol–water partition coefficient (Wildman–Crippen LogP) is 5.21. The minimum absolute atomic E-state index is 0.0353. The molecule has 0 fully saturated rings. The largest absolute Gasteiger partial charge is 0.465 e. The van der Waals surface area contributed by atoms with E-state index in [1.807, 2.05) is 48.7 Å². The highest BCUT2D eigenvalue weighted by Crippen LogP contribution is 2.37. The Bertz CT molecular complexity index is 1150. The molecule has 1 aromatic carbocycles. The smallest absolute Gasteiger partial charge is 0.316 e. The maximum absolute atomic E-state index is 13.3. The molecule has 0 aliphatic carbocycles. The zero-order valence-corrected chi connectivity index (χ0v) is 19.0. The summed E-state index contributed by atoms with van der Waals surface area (Å²) in [6, 6.07) is 13.4. The van der Waals surface area contributed by atoms with Crippen LogP contribution in [-0.2, 0) is 9.53 Å². The van der Waals surface area contributed by atoms with Gasteiger partial charge in [-0.15, -0.1) is 11.3 Å². The molecule has 2 heterocycles. The Kier molecular flexibility index (Phi) is 7.45. The van der Waals surface area contributed by atoms with Crippen LogP contribution in [-0.4, -0.2) is 29.2 Å². The number of para-hydroxylation sites is 1. The molecular formula is C23H21N3O3S2. The lowest BCUT2D eigenvalue weighted by Gasteiger charge is -2.16. The summed E-state index contributed by atoms with van der Waals surface area (Å²) < 4.78 is 4.98. The summed E-state index contributed by atoms with van der Waals surface area (Å²) >= 11 is 2.57. The average Bonchev–Trinajstić information content (AvgIpc) is 3.28. The molecule has 158 valence electrons. The van der Waals surface area contributed by atoms with E-state index in [1.165, 1.54) is 11.3 Å². The van der Waals surface area contributed by atoms with Crippen molar-refractivity contribution >= 4 is 40.7 Å². The number of nitriles is 1. The number of amides is 1. The summed E-state index contributed by atoms with van der Waals surface area (Å²) in [5.74, 6) is -0.677. The van der Waals surface area contributed by atoms with E-state index in [1.54, 1.807) is 13.8 Å². The van der Waals surface area contributed by atoms with Gasteiger partial charge in [0.25, 0.3) is 5.91 Å². The van der Waals surface area contributed by atoms with Crippen molar-refractivity contribution in [2.75, 3.05) is 17.7 Å². The molecule has 0 unspecified atom stereocenters. The zero-order valence-electron chi connectivity index (χ0n) is 17.4. The maximum atomic E-state index is 13.3. The summed E-state index contributed by atoms with van der Waals surface area (Å²) in [5.41, 5.74) is 3.27. The molecule has 0 spiro atoms. The molecule has 0 aliphatic rings. The van der Waals surface area contributed by atoms with Crippen molar-refractivity contribution in [2.24, 2.45) is 0 Å². The van der Waals surface area contributed by atoms with Gasteiger partial charge in [-0.1, -0.05) is 36.0 Å². The third kappa shape index (κ3) is 5.13. The van der Waals surface area contributed by atoms with E-state index in [4.69, 9.17) is 4.74 Å². The van der Waals surface area contributed by atoms with Crippen LogP contribution in [0.5, 0.6) is 0 Å². The number of carbonyl (C=O) groups excluding carboxylic acids is 2. The second kappa shape index (κ2) is 10.2. The highest BCUT2D eigenvalue weighted by molar-refractivity contribution is 7.99. The van der Waals surface area contributed by atoms with Gasteiger partial charge in [-0.3, -0.25) is 9.59 Å². The molecule has 31 heavy (non-hydrogen) atoms. The number of hydrogen-bond donors (Lipinski definition) is 1. The number of aryl methyl sites for hydroxylation is 2. The fourth-order valence-electron chi connectivity index (χ4n) is 3.06. The van der Waals surface area contributed by atoms with E-state index in [-0.39, 0.29) is 29.8 Å². The lowest BCUT2D eigenvalue weighted by atomic mass is 9.99. The lowest BCUT2D eigenvalue weighted by molar-refractivity contribution is -0.139. The molecule has 8 heteroatoms. The van der Waals surface area contributed by atoms with Crippen molar-refractivity contribution in [3.05, 3.63) is 64.2 Å². The van der Waals surface area contributed by atoms with Crippen LogP contribution in [0.2, 0.25) is 0 Å². The Hall–Kier alpha value is -3.15. The fourth-order valence-corrected chi connectivity index (χ4v) is 4.67. The lowest BCUT2D eigenvalue weighted by Crippen LogP contribution is -2.18. The van der Waals surface area contributed by atoms with Crippen LogP contribution < -0.4 is 5.32 Å². The Labute approximate surface area is 189 Å². The number of ether oxygens (including phenoxy) is 1. The first-order valence-corrected chi connectivity index (χ1v) is 11.5. The van der Waals surface area contributed by atoms with Crippen LogP contribution >= 0.6 is 23.1 Å². The maximum Gasteiger partial charge on any atom is 0.316 e. The van der Waals surface area contributed by atoms with Gasteiger partial charge in [0.2, 0.25) is 0 Å². The van der Waals surface area contributed by atoms with Gasteiger partial charge in [0, 0.05) is 16.1 Å². The van der Waals surface area contributed by atoms with Crippen LogP contribution in [0.15, 0.2) is 46.8 Å². The number of benzene rings is 1. The fraction of sp³-hybridized carbons (Fsp3) is 0.217. The Morgan fingerprint density at radius 1 is 1.23 bits per heavy atom. The van der Waals surface area contributed by atoms with Gasteiger partial charge < -0.3 is 10.1 Å². The van der Waals surface area contributed by atoms with E-state index < -0.39 is 0 Å². The molecular weight excluding hydrogens is 430 g/mol. The number of nitrogens with one attached hydrogen (secondary N) is 1. The van der Waals surface area contributed by atoms with E-state index in [2.05, 4.69) is 16.4 Å². The van der Waals surface area contributed by atoms with Crippen LogP contribution in [0.25, 0.3) is 10.4 Å². The first kappa shape index (κ1) is 22.5. The van der Waals surface area contributed by atoms with E-state index in [0.29, 0.717) is 27.5 Å². The molecule has 0 saturated heterocycles. The van der Waals surface area contributed by atoms with Crippen molar-refractivity contribution in [1.29, 1.82) is 5.26 Å². The minimum atomic E-state index is -0.380. The number of rotatable bonds is 7. The van der Waals surface area contributed by atoms with Crippen molar-refractivity contribution in [3.8, 4) is 16.5 Å². The van der Waals surface area contributed by atoms with Crippen molar-refractivity contribution in [2.45, 2.75) is 25.8 Å². The molecule has 1 N–H and O–H groups in total. The Morgan fingerprint density at radius 2 is 2.00 bits per heavy atom. The van der Waals surface area contributed by atoms with Crippen LogP contribution in [0.4, 0.5) is 5.69 Å². The third-order valence-electron chi connectivity index (χ3n) is 4.48. The van der Waals surface area contributed by atoms with Gasteiger partial charge in [-0.25, -0.2) is 4.98 Å². The van der Waals surface area contributed by atoms with Crippen LogP contribution in [0, 0.1) is 25.2 Å². The van der Waals surface area contributed by atoms with Gasteiger partial charge in [0.15, 0.2) is 0 Å². The number of anilines is 1.